The van der Waals surface area contributed by atoms with Crippen LogP contribution in [0.25, 0.3) is 22.6 Å². The van der Waals surface area contributed by atoms with Crippen LogP contribution < -0.4 is 5.32 Å². The first kappa shape index (κ1) is 23.5. The minimum absolute atomic E-state index is 0.101. The molecule has 2 heterocycles. The highest BCUT2D eigenvalue weighted by Crippen LogP contribution is 2.23. The molecule has 180 valence electrons. The molecule has 0 fully saturated rings. The smallest absolute Gasteiger partial charge is 0.227 e. The van der Waals surface area contributed by atoms with Gasteiger partial charge in [-0.2, -0.15) is 10.1 Å². The molecule has 0 aliphatic heterocycles. The molecular formula is C28H24ClN5O2. The first-order valence-electron chi connectivity index (χ1n) is 11.6. The van der Waals surface area contributed by atoms with E-state index in [9.17, 15) is 4.79 Å². The van der Waals surface area contributed by atoms with E-state index in [4.69, 9.17) is 21.2 Å². The fourth-order valence-electron chi connectivity index (χ4n) is 3.86. The van der Waals surface area contributed by atoms with Crippen molar-refractivity contribution in [2.45, 2.75) is 25.9 Å². The van der Waals surface area contributed by atoms with Crippen molar-refractivity contribution in [3.8, 4) is 22.6 Å². The van der Waals surface area contributed by atoms with E-state index in [1.807, 2.05) is 71.5 Å². The number of benzene rings is 3. The van der Waals surface area contributed by atoms with Gasteiger partial charge in [0, 0.05) is 47.3 Å². The molecule has 0 bridgehead atoms. The number of amides is 1. The molecule has 0 saturated carbocycles. The van der Waals surface area contributed by atoms with Gasteiger partial charge in [-0.25, -0.2) is 0 Å². The second-order valence-corrected chi connectivity index (χ2v) is 8.78. The van der Waals surface area contributed by atoms with Crippen LogP contribution in [0.2, 0.25) is 5.02 Å². The van der Waals surface area contributed by atoms with Crippen LogP contribution in [-0.2, 0) is 24.3 Å². The summed E-state index contributed by atoms with van der Waals surface area (Å²) >= 11 is 5.93. The summed E-state index contributed by atoms with van der Waals surface area (Å²) in [4.78, 5) is 17.0. The second kappa shape index (κ2) is 11.0. The molecule has 3 aromatic carbocycles. The lowest BCUT2D eigenvalue weighted by Gasteiger charge is -2.05. The quantitative estimate of drug-likeness (QED) is 0.288. The Morgan fingerprint density at radius 3 is 2.39 bits per heavy atom. The Kier molecular flexibility index (Phi) is 7.19. The lowest BCUT2D eigenvalue weighted by Crippen LogP contribution is -2.23. The molecule has 0 unspecified atom stereocenters. The number of nitrogens with one attached hydrogen (secondary N) is 1. The molecule has 8 heteroatoms. The third-order valence-corrected chi connectivity index (χ3v) is 5.94. The maximum atomic E-state index is 12.6. The van der Waals surface area contributed by atoms with Gasteiger partial charge < -0.3 is 9.84 Å². The van der Waals surface area contributed by atoms with E-state index in [0.29, 0.717) is 36.2 Å². The molecule has 0 atom stereocenters. The molecule has 0 saturated heterocycles. The fraction of sp³-hybridized carbons (Fsp3) is 0.143. The van der Waals surface area contributed by atoms with E-state index < -0.39 is 0 Å². The van der Waals surface area contributed by atoms with E-state index in [1.165, 1.54) is 0 Å². The molecule has 5 aromatic rings. The predicted octanol–water partition coefficient (Wildman–Crippen LogP) is 5.55. The molecule has 0 aliphatic rings. The standard InChI is InChI=1S/C28H24ClN5O2/c29-24-13-11-22(12-14-24)28-31-26(36-33-28)16-15-25(35)30-17-23-19-34(18-20-7-3-1-4-8-20)32-27(23)21-9-5-2-6-10-21/h1-14,19H,15-18H2,(H,30,35). The van der Waals surface area contributed by atoms with Crippen molar-refractivity contribution in [2.24, 2.45) is 0 Å². The van der Waals surface area contributed by atoms with E-state index in [2.05, 4.69) is 27.6 Å². The number of hydrogen-bond donors (Lipinski definition) is 1. The monoisotopic (exact) mass is 497 g/mol. The van der Waals surface area contributed by atoms with E-state index in [-0.39, 0.29) is 12.3 Å². The summed E-state index contributed by atoms with van der Waals surface area (Å²) in [5.41, 5.74) is 4.78. The van der Waals surface area contributed by atoms with Crippen molar-refractivity contribution < 1.29 is 9.32 Å². The van der Waals surface area contributed by atoms with Gasteiger partial charge in [-0.3, -0.25) is 9.48 Å². The number of rotatable bonds is 9. The van der Waals surface area contributed by atoms with Gasteiger partial charge in [0.15, 0.2) is 0 Å². The fourth-order valence-corrected chi connectivity index (χ4v) is 3.98. The second-order valence-electron chi connectivity index (χ2n) is 8.35. The first-order valence-corrected chi connectivity index (χ1v) is 12.0. The highest BCUT2D eigenvalue weighted by Gasteiger charge is 2.14. The van der Waals surface area contributed by atoms with Crippen LogP contribution in [0.4, 0.5) is 0 Å². The van der Waals surface area contributed by atoms with Gasteiger partial charge >= 0.3 is 0 Å². The minimum atomic E-state index is -0.101. The van der Waals surface area contributed by atoms with Gasteiger partial charge in [-0.1, -0.05) is 77.4 Å². The van der Waals surface area contributed by atoms with Crippen LogP contribution in [0.5, 0.6) is 0 Å². The maximum Gasteiger partial charge on any atom is 0.227 e. The van der Waals surface area contributed by atoms with Crippen LogP contribution in [0.1, 0.15) is 23.4 Å². The maximum absolute atomic E-state index is 12.6. The SMILES string of the molecule is O=C(CCc1nc(-c2ccc(Cl)cc2)no1)NCc1cn(Cc2ccccc2)nc1-c1ccccc1. The van der Waals surface area contributed by atoms with Crippen molar-refractivity contribution in [1.29, 1.82) is 0 Å². The van der Waals surface area contributed by atoms with Gasteiger partial charge in [0.05, 0.1) is 12.2 Å². The largest absolute Gasteiger partial charge is 0.352 e. The summed E-state index contributed by atoms with van der Waals surface area (Å²) in [5.74, 6) is 0.784. The molecule has 0 spiro atoms. The van der Waals surface area contributed by atoms with E-state index in [1.54, 1.807) is 12.1 Å². The summed E-state index contributed by atoms with van der Waals surface area (Å²) in [6.45, 7) is 1.03. The van der Waals surface area contributed by atoms with Gasteiger partial charge in [-0.15, -0.1) is 0 Å². The van der Waals surface area contributed by atoms with Crippen LogP contribution in [0.3, 0.4) is 0 Å². The van der Waals surface area contributed by atoms with E-state index in [0.717, 1.165) is 27.9 Å². The zero-order valence-electron chi connectivity index (χ0n) is 19.5. The van der Waals surface area contributed by atoms with Crippen molar-refractivity contribution in [2.75, 3.05) is 0 Å². The Labute approximate surface area is 213 Å². The Balaban J connectivity index is 1.22. The highest BCUT2D eigenvalue weighted by molar-refractivity contribution is 6.30. The zero-order chi connectivity index (χ0) is 24.7. The topological polar surface area (TPSA) is 85.8 Å². The number of hydrogen-bond acceptors (Lipinski definition) is 5. The molecule has 1 amide bonds. The number of nitrogens with zero attached hydrogens (tertiary/aromatic N) is 4. The van der Waals surface area contributed by atoms with Gasteiger partial charge in [0.25, 0.3) is 0 Å². The molecular weight excluding hydrogens is 474 g/mol. The lowest BCUT2D eigenvalue weighted by molar-refractivity contribution is -0.121. The Bertz CT molecular complexity index is 1430. The molecule has 0 aliphatic carbocycles. The number of aryl methyl sites for hydroxylation is 1. The van der Waals surface area contributed by atoms with Crippen LogP contribution in [0.15, 0.2) is 95.6 Å². The first-order chi connectivity index (χ1) is 17.6. The van der Waals surface area contributed by atoms with Gasteiger partial charge in [0.2, 0.25) is 17.6 Å². The summed E-state index contributed by atoms with van der Waals surface area (Å²) in [6, 6.07) is 27.3. The zero-order valence-corrected chi connectivity index (χ0v) is 20.2. The van der Waals surface area contributed by atoms with Crippen LogP contribution >= 0.6 is 11.6 Å². The molecule has 5 rings (SSSR count). The Morgan fingerprint density at radius 1 is 0.917 bits per heavy atom. The van der Waals surface area contributed by atoms with Crippen molar-refractivity contribution >= 4 is 17.5 Å². The number of halogens is 1. The van der Waals surface area contributed by atoms with Crippen LogP contribution in [0, 0.1) is 0 Å². The van der Waals surface area contributed by atoms with Crippen LogP contribution in [-0.4, -0.2) is 25.8 Å². The lowest BCUT2D eigenvalue weighted by atomic mass is 10.1. The van der Waals surface area contributed by atoms with E-state index >= 15 is 0 Å². The Hall–Kier alpha value is -4.23. The summed E-state index contributed by atoms with van der Waals surface area (Å²) in [5, 5.41) is 12.4. The Morgan fingerprint density at radius 2 is 1.64 bits per heavy atom. The third-order valence-electron chi connectivity index (χ3n) is 5.68. The highest BCUT2D eigenvalue weighted by atomic mass is 35.5. The molecule has 1 N–H and O–H groups in total. The molecule has 7 nitrogen and oxygen atoms in total. The summed E-state index contributed by atoms with van der Waals surface area (Å²) < 4.78 is 7.22. The summed E-state index contributed by atoms with van der Waals surface area (Å²) in [7, 11) is 0. The predicted molar refractivity (Wildman–Crippen MR) is 138 cm³/mol. The number of carbonyl (C=O) groups excluding carboxylic acids is 1. The van der Waals surface area contributed by atoms with Gasteiger partial charge in [0.1, 0.15) is 0 Å². The van der Waals surface area contributed by atoms with Crippen molar-refractivity contribution in [3.63, 3.8) is 0 Å². The normalized spacial score (nSPS) is 10.9. The van der Waals surface area contributed by atoms with Gasteiger partial charge in [-0.05, 0) is 29.8 Å². The summed E-state index contributed by atoms with van der Waals surface area (Å²) in [6.07, 6.45) is 2.58. The van der Waals surface area contributed by atoms with Crippen molar-refractivity contribution in [1.82, 2.24) is 25.2 Å². The third kappa shape index (κ3) is 5.87. The molecule has 36 heavy (non-hydrogen) atoms. The molecule has 2 aromatic heterocycles. The number of aromatic nitrogens is 4. The number of carbonyl (C=O) groups is 1. The average Bonchev–Trinajstić information content (AvgIpc) is 3.55. The molecule has 0 radical (unpaired) electrons. The minimum Gasteiger partial charge on any atom is -0.352 e. The average molecular weight is 498 g/mol. The van der Waals surface area contributed by atoms with Crippen molar-refractivity contribution in [3.05, 3.63) is 113 Å².